The van der Waals surface area contributed by atoms with Crippen LogP contribution in [0.2, 0.25) is 0 Å². The number of rotatable bonds is 56. The molecule has 0 unspecified atom stereocenters. The zero-order chi connectivity index (χ0) is 52.9. The highest BCUT2D eigenvalue weighted by atomic mass is 16.6. The number of hydrogen-bond donors (Lipinski definition) is 0. The second-order valence-corrected chi connectivity index (χ2v) is 20.6. The van der Waals surface area contributed by atoms with E-state index in [1.807, 2.05) is 0 Å². The molecule has 0 aromatic heterocycles. The van der Waals surface area contributed by atoms with Crippen molar-refractivity contribution in [1.82, 2.24) is 0 Å². The largest absolute Gasteiger partial charge is 0.462 e. The van der Waals surface area contributed by atoms with Crippen molar-refractivity contribution in [3.63, 3.8) is 0 Å². The quantitative estimate of drug-likeness (QED) is 0.0261. The summed E-state index contributed by atoms with van der Waals surface area (Å²) in [5.41, 5.74) is 0. The maximum Gasteiger partial charge on any atom is 0.306 e. The van der Waals surface area contributed by atoms with E-state index >= 15 is 0 Å². The molecule has 0 saturated carbocycles. The third-order valence-electron chi connectivity index (χ3n) is 13.4. The normalized spacial score (nSPS) is 12.6. The van der Waals surface area contributed by atoms with Gasteiger partial charge in [0.25, 0.3) is 0 Å². The van der Waals surface area contributed by atoms with Crippen molar-refractivity contribution in [3.05, 3.63) is 85.1 Å². The number of esters is 3. The first-order valence-corrected chi connectivity index (χ1v) is 31.1. The molecule has 0 heterocycles. The van der Waals surface area contributed by atoms with Gasteiger partial charge in [-0.15, -0.1) is 0 Å². The minimum atomic E-state index is -0.793. The maximum atomic E-state index is 12.9. The lowest BCUT2D eigenvalue weighted by Gasteiger charge is -2.18. The van der Waals surface area contributed by atoms with Crippen LogP contribution in [0.15, 0.2) is 85.1 Å². The lowest BCUT2D eigenvalue weighted by Crippen LogP contribution is -2.30. The average Bonchev–Trinajstić information content (AvgIpc) is 3.39. The van der Waals surface area contributed by atoms with E-state index in [4.69, 9.17) is 14.2 Å². The summed E-state index contributed by atoms with van der Waals surface area (Å²) in [5, 5.41) is 0. The van der Waals surface area contributed by atoms with E-state index in [9.17, 15) is 14.4 Å². The van der Waals surface area contributed by atoms with Crippen LogP contribution in [0.3, 0.4) is 0 Å². The topological polar surface area (TPSA) is 78.9 Å². The van der Waals surface area contributed by atoms with Crippen LogP contribution in [0, 0.1) is 0 Å². The number of allylic oxidation sites excluding steroid dienone is 14. The Balaban J connectivity index is 4.43. The van der Waals surface area contributed by atoms with Crippen LogP contribution < -0.4 is 0 Å². The van der Waals surface area contributed by atoms with Crippen LogP contribution >= 0.6 is 0 Å². The fraction of sp³-hybridized carbons (Fsp3) is 0.746. The van der Waals surface area contributed by atoms with Crippen molar-refractivity contribution >= 4 is 17.9 Å². The van der Waals surface area contributed by atoms with E-state index in [0.29, 0.717) is 19.3 Å². The van der Waals surface area contributed by atoms with Gasteiger partial charge < -0.3 is 14.2 Å². The lowest BCUT2D eigenvalue weighted by atomic mass is 10.0. The Labute approximate surface area is 452 Å². The molecule has 73 heavy (non-hydrogen) atoms. The summed E-state index contributed by atoms with van der Waals surface area (Å²) in [6.45, 7) is 6.51. The fourth-order valence-electron chi connectivity index (χ4n) is 8.74. The molecule has 0 radical (unpaired) electrons. The molecule has 6 nitrogen and oxygen atoms in total. The molecule has 0 N–H and O–H groups in total. The summed E-state index contributed by atoms with van der Waals surface area (Å²) in [6, 6.07) is 0. The van der Waals surface area contributed by atoms with Gasteiger partial charge in [0, 0.05) is 19.3 Å². The summed E-state index contributed by atoms with van der Waals surface area (Å²) in [7, 11) is 0. The molecular formula is C67H116O6. The molecule has 420 valence electrons. The zero-order valence-electron chi connectivity index (χ0n) is 48.1. The Morgan fingerprint density at radius 1 is 0.288 bits per heavy atom. The van der Waals surface area contributed by atoms with Crippen molar-refractivity contribution in [2.24, 2.45) is 0 Å². The van der Waals surface area contributed by atoms with Crippen LogP contribution in [0.1, 0.15) is 303 Å². The van der Waals surface area contributed by atoms with Gasteiger partial charge in [-0.2, -0.15) is 0 Å². The van der Waals surface area contributed by atoms with Gasteiger partial charge in [-0.25, -0.2) is 0 Å². The van der Waals surface area contributed by atoms with Gasteiger partial charge in [-0.3, -0.25) is 14.4 Å². The Morgan fingerprint density at radius 2 is 0.534 bits per heavy atom. The molecule has 0 fully saturated rings. The minimum Gasteiger partial charge on any atom is -0.462 e. The molecule has 0 aromatic rings. The Morgan fingerprint density at radius 3 is 0.877 bits per heavy atom. The molecule has 6 heteroatoms. The summed E-state index contributed by atoms with van der Waals surface area (Å²) in [6.07, 6.45) is 80.0. The highest BCUT2D eigenvalue weighted by Crippen LogP contribution is 2.16. The van der Waals surface area contributed by atoms with Gasteiger partial charge in [0.05, 0.1) is 0 Å². The predicted molar refractivity (Wildman–Crippen MR) is 316 cm³/mol. The molecule has 0 aromatic carbocycles. The van der Waals surface area contributed by atoms with Gasteiger partial charge in [-0.05, 0) is 96.3 Å². The number of carbonyl (C=O) groups is 3. The first kappa shape index (κ1) is 69.6. The van der Waals surface area contributed by atoms with Crippen molar-refractivity contribution in [2.75, 3.05) is 13.2 Å². The number of unbranched alkanes of at least 4 members (excludes halogenated alkanes) is 31. The highest BCUT2D eigenvalue weighted by molar-refractivity contribution is 5.71. The van der Waals surface area contributed by atoms with E-state index in [0.717, 1.165) is 103 Å². The SMILES string of the molecule is CC/C=C\C/C=C\C/C=C\C/C=C\C/C=C\CCCCCC(=O)OC[C@H](COC(=O)CCCCCCCCCCCCCCCCCCC)OC(=O)CCCCCCCCCCC/C=C\C/C=C\CCCCC. The summed E-state index contributed by atoms with van der Waals surface area (Å²) < 4.78 is 16.9. The van der Waals surface area contributed by atoms with Crippen LogP contribution in [-0.2, 0) is 28.6 Å². The monoisotopic (exact) mass is 1020 g/mol. The molecule has 0 spiro atoms. The number of ether oxygens (including phenoxy) is 3. The fourth-order valence-corrected chi connectivity index (χ4v) is 8.74. The first-order valence-electron chi connectivity index (χ1n) is 31.1. The van der Waals surface area contributed by atoms with Crippen molar-refractivity contribution < 1.29 is 28.6 Å². The first-order chi connectivity index (χ1) is 36.0. The maximum absolute atomic E-state index is 12.9. The molecule has 1 atom stereocenters. The summed E-state index contributed by atoms with van der Waals surface area (Å²) in [4.78, 5) is 38.3. The molecule has 0 aliphatic rings. The van der Waals surface area contributed by atoms with E-state index in [1.54, 1.807) is 0 Å². The van der Waals surface area contributed by atoms with Crippen LogP contribution in [0.25, 0.3) is 0 Å². The second kappa shape index (κ2) is 61.1. The zero-order valence-corrected chi connectivity index (χ0v) is 48.1. The molecular weight excluding hydrogens is 901 g/mol. The van der Waals surface area contributed by atoms with Crippen LogP contribution in [-0.4, -0.2) is 37.2 Å². The van der Waals surface area contributed by atoms with E-state index in [1.165, 1.54) is 161 Å². The Kier molecular flexibility index (Phi) is 58.3. The minimum absolute atomic E-state index is 0.0864. The van der Waals surface area contributed by atoms with Gasteiger partial charge in [0.15, 0.2) is 6.10 Å². The number of hydrogen-bond acceptors (Lipinski definition) is 6. The lowest BCUT2D eigenvalue weighted by molar-refractivity contribution is -0.167. The molecule has 0 amide bonds. The molecule has 0 aliphatic carbocycles. The predicted octanol–water partition coefficient (Wildman–Crippen LogP) is 21.1. The van der Waals surface area contributed by atoms with Gasteiger partial charge in [-0.1, -0.05) is 273 Å². The van der Waals surface area contributed by atoms with Crippen LogP contribution in [0.5, 0.6) is 0 Å². The third-order valence-corrected chi connectivity index (χ3v) is 13.4. The van der Waals surface area contributed by atoms with Gasteiger partial charge >= 0.3 is 17.9 Å². The average molecular weight is 1020 g/mol. The van der Waals surface area contributed by atoms with Crippen LogP contribution in [0.4, 0.5) is 0 Å². The summed E-state index contributed by atoms with van der Waals surface area (Å²) >= 11 is 0. The van der Waals surface area contributed by atoms with E-state index < -0.39 is 6.10 Å². The summed E-state index contributed by atoms with van der Waals surface area (Å²) in [5.74, 6) is -0.912. The van der Waals surface area contributed by atoms with E-state index in [-0.39, 0.29) is 31.1 Å². The Hall–Kier alpha value is -3.41. The van der Waals surface area contributed by atoms with Crippen molar-refractivity contribution in [3.8, 4) is 0 Å². The smallest absolute Gasteiger partial charge is 0.306 e. The third kappa shape index (κ3) is 59.3. The molecule has 0 rings (SSSR count). The van der Waals surface area contributed by atoms with Crippen molar-refractivity contribution in [1.29, 1.82) is 0 Å². The van der Waals surface area contributed by atoms with Crippen molar-refractivity contribution in [2.45, 2.75) is 309 Å². The molecule has 0 bridgehead atoms. The standard InChI is InChI=1S/C67H116O6/c1-4-7-10-13-16-19-22-25-28-31-33-36-39-42-45-48-51-54-57-60-66(69)72-63-64(62-71-65(68)59-56-53-50-47-44-41-38-35-30-27-24-21-18-15-12-9-6-3)73-67(70)61-58-55-52-49-46-43-40-37-34-32-29-26-23-20-17-14-11-8-5-2/h7,10,16-17,19-20,25-26,28-29,33,36,42,45,64H,4-6,8-9,11-15,18,21-24,27,30-32,34-35,37-41,43-44,46-63H2,1-3H3/b10-7-,19-16-,20-17-,28-25-,29-26-,36-33-,45-42-/t64-/m0/s1. The number of carbonyl (C=O) groups excluding carboxylic acids is 3. The molecule has 0 aliphatic heterocycles. The van der Waals surface area contributed by atoms with Gasteiger partial charge in [0.2, 0.25) is 0 Å². The second-order valence-electron chi connectivity index (χ2n) is 20.6. The van der Waals surface area contributed by atoms with E-state index in [2.05, 4.69) is 106 Å². The Bertz CT molecular complexity index is 1400. The highest BCUT2D eigenvalue weighted by Gasteiger charge is 2.19. The van der Waals surface area contributed by atoms with Gasteiger partial charge in [0.1, 0.15) is 13.2 Å². The molecule has 0 saturated heterocycles.